The molecule has 0 saturated carbocycles. The van der Waals surface area contributed by atoms with E-state index in [1.54, 1.807) is 36.7 Å². The zero-order valence-corrected chi connectivity index (χ0v) is 9.15. The zero-order chi connectivity index (χ0) is 12.1. The summed E-state index contributed by atoms with van der Waals surface area (Å²) in [6, 6.07) is 9.85. The second-order valence-electron chi connectivity index (χ2n) is 3.60. The van der Waals surface area contributed by atoms with E-state index in [-0.39, 0.29) is 12.4 Å². The van der Waals surface area contributed by atoms with Crippen LogP contribution in [0.3, 0.4) is 0 Å². The summed E-state index contributed by atoms with van der Waals surface area (Å²) in [6.45, 7) is 0.161. The van der Waals surface area contributed by atoms with Crippen molar-refractivity contribution >= 4 is 0 Å². The van der Waals surface area contributed by atoms with Crippen molar-refractivity contribution in [1.29, 1.82) is 0 Å². The summed E-state index contributed by atoms with van der Waals surface area (Å²) >= 11 is 0. The maximum absolute atomic E-state index is 9.83. The molecule has 0 fully saturated rings. The number of aromatic nitrogens is 1. The van der Waals surface area contributed by atoms with Gasteiger partial charge in [0.15, 0.2) is 0 Å². The van der Waals surface area contributed by atoms with E-state index in [0.717, 1.165) is 5.56 Å². The predicted octanol–water partition coefficient (Wildman–Crippen LogP) is 1.90. The molecule has 0 amide bonds. The summed E-state index contributed by atoms with van der Waals surface area (Å²) in [7, 11) is 0. The van der Waals surface area contributed by atoms with E-state index in [9.17, 15) is 5.11 Å². The van der Waals surface area contributed by atoms with Crippen LogP contribution < -0.4 is 4.74 Å². The monoisotopic (exact) mass is 231 g/mol. The lowest BCUT2D eigenvalue weighted by Crippen LogP contribution is -2.09. The summed E-state index contributed by atoms with van der Waals surface area (Å²) in [5, 5.41) is 18.9. The average molecular weight is 231 g/mol. The van der Waals surface area contributed by atoms with Gasteiger partial charge in [0.1, 0.15) is 24.2 Å². The van der Waals surface area contributed by atoms with E-state index >= 15 is 0 Å². The van der Waals surface area contributed by atoms with Crippen LogP contribution in [0, 0.1) is 0 Å². The lowest BCUT2D eigenvalue weighted by molar-refractivity contribution is 0.108. The first-order valence-electron chi connectivity index (χ1n) is 5.25. The Balaban J connectivity index is 1.92. The smallest absolute Gasteiger partial charge is 0.119 e. The third kappa shape index (κ3) is 3.19. The average Bonchev–Trinajstić information content (AvgIpc) is 2.39. The third-order valence-electron chi connectivity index (χ3n) is 2.34. The molecule has 2 rings (SSSR count). The molecule has 1 aromatic heterocycles. The van der Waals surface area contributed by atoms with Gasteiger partial charge in [-0.15, -0.1) is 0 Å². The van der Waals surface area contributed by atoms with Gasteiger partial charge in [-0.25, -0.2) is 0 Å². The van der Waals surface area contributed by atoms with Crippen LogP contribution in [0.5, 0.6) is 11.5 Å². The summed E-state index contributed by atoms with van der Waals surface area (Å²) in [5.74, 6) is 0.794. The van der Waals surface area contributed by atoms with Crippen molar-refractivity contribution in [2.75, 3.05) is 6.61 Å². The fourth-order valence-electron chi connectivity index (χ4n) is 1.40. The van der Waals surface area contributed by atoms with Gasteiger partial charge < -0.3 is 14.9 Å². The molecule has 2 aromatic rings. The number of benzene rings is 1. The standard InChI is InChI=1S/C13H13NO3/c15-11-1-3-12(4-2-11)17-9-13(16)10-5-7-14-8-6-10/h1-8,13,15-16H,9H2. The fourth-order valence-corrected chi connectivity index (χ4v) is 1.40. The van der Waals surface area contributed by atoms with Gasteiger partial charge in [-0.05, 0) is 42.0 Å². The van der Waals surface area contributed by atoms with Crippen molar-refractivity contribution in [3.05, 3.63) is 54.4 Å². The highest BCUT2D eigenvalue weighted by Crippen LogP contribution is 2.18. The van der Waals surface area contributed by atoms with Crippen molar-refractivity contribution < 1.29 is 14.9 Å². The molecule has 0 saturated heterocycles. The molecular formula is C13H13NO3. The molecule has 0 radical (unpaired) electrons. The Bertz CT molecular complexity index is 456. The van der Waals surface area contributed by atoms with Crippen LogP contribution in [0.4, 0.5) is 0 Å². The summed E-state index contributed by atoms with van der Waals surface area (Å²) < 4.78 is 5.40. The van der Waals surface area contributed by atoms with Crippen molar-refractivity contribution in [3.8, 4) is 11.5 Å². The molecule has 0 aliphatic heterocycles. The Kier molecular flexibility index (Phi) is 3.57. The highest BCUT2D eigenvalue weighted by atomic mass is 16.5. The second kappa shape index (κ2) is 5.32. The SMILES string of the molecule is Oc1ccc(OCC(O)c2ccncc2)cc1. The quantitative estimate of drug-likeness (QED) is 0.843. The molecule has 4 heteroatoms. The van der Waals surface area contributed by atoms with Crippen molar-refractivity contribution in [2.24, 2.45) is 0 Å². The largest absolute Gasteiger partial charge is 0.508 e. The normalized spacial score (nSPS) is 12.1. The Hall–Kier alpha value is -2.07. The number of phenolic OH excluding ortho intramolecular Hbond substituents is 1. The van der Waals surface area contributed by atoms with E-state index in [1.807, 2.05) is 0 Å². The minimum absolute atomic E-state index is 0.161. The highest BCUT2D eigenvalue weighted by Gasteiger charge is 2.07. The van der Waals surface area contributed by atoms with Gasteiger partial charge in [0, 0.05) is 12.4 Å². The lowest BCUT2D eigenvalue weighted by Gasteiger charge is -2.12. The maximum Gasteiger partial charge on any atom is 0.119 e. The van der Waals surface area contributed by atoms with E-state index in [2.05, 4.69) is 4.98 Å². The third-order valence-corrected chi connectivity index (χ3v) is 2.34. The molecule has 1 aromatic carbocycles. The van der Waals surface area contributed by atoms with Gasteiger partial charge in [0.05, 0.1) is 0 Å². The second-order valence-corrected chi connectivity index (χ2v) is 3.60. The van der Waals surface area contributed by atoms with Gasteiger partial charge in [0.25, 0.3) is 0 Å². The molecule has 1 atom stereocenters. The zero-order valence-electron chi connectivity index (χ0n) is 9.15. The number of ether oxygens (including phenoxy) is 1. The van der Waals surface area contributed by atoms with Gasteiger partial charge in [-0.3, -0.25) is 4.98 Å². The number of hydrogen-bond acceptors (Lipinski definition) is 4. The predicted molar refractivity (Wildman–Crippen MR) is 62.8 cm³/mol. The fraction of sp³-hybridized carbons (Fsp3) is 0.154. The molecule has 4 nitrogen and oxygen atoms in total. The first kappa shape index (κ1) is 11.4. The van der Waals surface area contributed by atoms with Crippen molar-refractivity contribution in [3.63, 3.8) is 0 Å². The Morgan fingerprint density at radius 2 is 1.71 bits per heavy atom. The molecule has 1 unspecified atom stereocenters. The van der Waals surface area contributed by atoms with Crippen LogP contribution in [0.15, 0.2) is 48.8 Å². The van der Waals surface area contributed by atoms with Gasteiger partial charge >= 0.3 is 0 Å². The molecule has 88 valence electrons. The van der Waals surface area contributed by atoms with Gasteiger partial charge in [-0.1, -0.05) is 0 Å². The first-order valence-corrected chi connectivity index (χ1v) is 5.25. The van der Waals surface area contributed by atoms with Crippen LogP contribution in [-0.2, 0) is 0 Å². The number of aliphatic hydroxyl groups is 1. The number of nitrogens with zero attached hydrogens (tertiary/aromatic N) is 1. The number of rotatable bonds is 4. The first-order chi connectivity index (χ1) is 8.25. The lowest BCUT2D eigenvalue weighted by atomic mass is 10.2. The number of aromatic hydroxyl groups is 1. The molecule has 0 aliphatic rings. The van der Waals surface area contributed by atoms with E-state index < -0.39 is 6.10 Å². The van der Waals surface area contributed by atoms with Crippen LogP contribution in [0.1, 0.15) is 11.7 Å². The Labute approximate surface area is 99.1 Å². The van der Waals surface area contributed by atoms with Crippen LogP contribution in [-0.4, -0.2) is 21.8 Å². The highest BCUT2D eigenvalue weighted by molar-refractivity contribution is 5.30. The minimum Gasteiger partial charge on any atom is -0.508 e. The molecule has 0 spiro atoms. The summed E-state index contributed by atoms with van der Waals surface area (Å²) in [6.07, 6.45) is 2.56. The number of hydrogen-bond donors (Lipinski definition) is 2. The van der Waals surface area contributed by atoms with Crippen molar-refractivity contribution in [2.45, 2.75) is 6.10 Å². The molecule has 2 N–H and O–H groups in total. The van der Waals surface area contributed by atoms with Gasteiger partial charge in [0.2, 0.25) is 0 Å². The molecule has 1 heterocycles. The van der Waals surface area contributed by atoms with Crippen LogP contribution in [0.2, 0.25) is 0 Å². The van der Waals surface area contributed by atoms with Crippen LogP contribution in [0.25, 0.3) is 0 Å². The summed E-state index contributed by atoms with van der Waals surface area (Å²) in [4.78, 5) is 3.88. The van der Waals surface area contributed by atoms with E-state index in [0.29, 0.717) is 5.75 Å². The molecule has 17 heavy (non-hydrogen) atoms. The summed E-state index contributed by atoms with van der Waals surface area (Å²) in [5.41, 5.74) is 0.763. The number of phenols is 1. The van der Waals surface area contributed by atoms with Gasteiger partial charge in [-0.2, -0.15) is 0 Å². The Morgan fingerprint density at radius 3 is 2.35 bits per heavy atom. The number of aliphatic hydroxyl groups excluding tert-OH is 1. The van der Waals surface area contributed by atoms with Crippen LogP contribution >= 0.6 is 0 Å². The number of pyridine rings is 1. The van der Waals surface area contributed by atoms with E-state index in [4.69, 9.17) is 9.84 Å². The molecule has 0 aliphatic carbocycles. The van der Waals surface area contributed by atoms with E-state index in [1.165, 1.54) is 12.1 Å². The molecular weight excluding hydrogens is 218 g/mol. The Morgan fingerprint density at radius 1 is 1.06 bits per heavy atom. The molecule has 0 bridgehead atoms. The van der Waals surface area contributed by atoms with Crippen molar-refractivity contribution in [1.82, 2.24) is 4.98 Å². The maximum atomic E-state index is 9.83. The minimum atomic E-state index is -0.688. The topological polar surface area (TPSA) is 62.6 Å².